The molecule has 0 heterocycles. The molecule has 0 aliphatic heterocycles. The molecule has 3 heteroatoms. The summed E-state index contributed by atoms with van der Waals surface area (Å²) in [6.45, 7) is 5.34. The van der Waals surface area contributed by atoms with E-state index in [0.29, 0.717) is 19.2 Å². The van der Waals surface area contributed by atoms with E-state index in [1.54, 1.807) is 13.2 Å². The molecule has 0 saturated heterocycles. The van der Waals surface area contributed by atoms with Crippen LogP contribution in [0.5, 0.6) is 0 Å². The summed E-state index contributed by atoms with van der Waals surface area (Å²) in [6, 6.07) is 5.50. The van der Waals surface area contributed by atoms with Crippen LogP contribution in [0.15, 0.2) is 18.2 Å². The number of benzene rings is 1. The Morgan fingerprint density at radius 1 is 1.41 bits per heavy atom. The summed E-state index contributed by atoms with van der Waals surface area (Å²) in [6.07, 6.45) is 2.14. The molecular formula is C14H22FNO. The lowest BCUT2D eigenvalue weighted by Crippen LogP contribution is -2.32. The SMILES string of the molecule is CCCC(COC)NCc1cc(C)ccc1F. The third-order valence-electron chi connectivity index (χ3n) is 2.79. The molecule has 1 unspecified atom stereocenters. The van der Waals surface area contributed by atoms with Crippen molar-refractivity contribution in [3.05, 3.63) is 35.1 Å². The number of rotatable bonds is 7. The highest BCUT2D eigenvalue weighted by molar-refractivity contribution is 5.23. The molecule has 0 spiro atoms. The molecular weight excluding hydrogens is 217 g/mol. The average molecular weight is 239 g/mol. The molecule has 0 aliphatic carbocycles. The molecule has 0 aromatic heterocycles. The van der Waals surface area contributed by atoms with Gasteiger partial charge in [-0.25, -0.2) is 4.39 Å². The van der Waals surface area contributed by atoms with Crippen LogP contribution >= 0.6 is 0 Å². The number of ether oxygens (including phenoxy) is 1. The van der Waals surface area contributed by atoms with Gasteiger partial charge in [-0.2, -0.15) is 0 Å². The van der Waals surface area contributed by atoms with E-state index in [0.717, 1.165) is 24.0 Å². The second-order valence-electron chi connectivity index (χ2n) is 4.42. The quantitative estimate of drug-likeness (QED) is 0.789. The second kappa shape index (κ2) is 7.41. The first-order valence-electron chi connectivity index (χ1n) is 6.14. The minimum Gasteiger partial charge on any atom is -0.383 e. The highest BCUT2D eigenvalue weighted by atomic mass is 19.1. The largest absolute Gasteiger partial charge is 0.383 e. The molecule has 0 amide bonds. The summed E-state index contributed by atoms with van der Waals surface area (Å²) in [7, 11) is 1.69. The van der Waals surface area contributed by atoms with E-state index in [2.05, 4.69) is 12.2 Å². The number of hydrogen-bond donors (Lipinski definition) is 1. The van der Waals surface area contributed by atoms with Gasteiger partial charge in [0.25, 0.3) is 0 Å². The van der Waals surface area contributed by atoms with Crippen molar-refractivity contribution in [3.8, 4) is 0 Å². The van der Waals surface area contributed by atoms with E-state index < -0.39 is 0 Å². The lowest BCUT2D eigenvalue weighted by atomic mass is 10.1. The van der Waals surface area contributed by atoms with E-state index in [9.17, 15) is 4.39 Å². The summed E-state index contributed by atoms with van der Waals surface area (Å²) in [4.78, 5) is 0. The van der Waals surface area contributed by atoms with Crippen molar-refractivity contribution in [2.24, 2.45) is 0 Å². The van der Waals surface area contributed by atoms with Crippen LogP contribution in [0.1, 0.15) is 30.9 Å². The zero-order valence-corrected chi connectivity index (χ0v) is 10.9. The van der Waals surface area contributed by atoms with Gasteiger partial charge in [0.2, 0.25) is 0 Å². The Morgan fingerprint density at radius 2 is 2.18 bits per heavy atom. The first-order chi connectivity index (χ1) is 8.17. The minimum atomic E-state index is -0.143. The molecule has 1 rings (SSSR count). The summed E-state index contributed by atoms with van der Waals surface area (Å²) in [5.74, 6) is -0.143. The van der Waals surface area contributed by atoms with Gasteiger partial charge in [-0.05, 0) is 19.4 Å². The highest BCUT2D eigenvalue weighted by Crippen LogP contribution is 2.10. The molecule has 0 radical (unpaired) electrons. The molecule has 17 heavy (non-hydrogen) atoms. The molecule has 1 aromatic rings. The van der Waals surface area contributed by atoms with Crippen molar-refractivity contribution in [3.63, 3.8) is 0 Å². The van der Waals surface area contributed by atoms with E-state index in [1.807, 2.05) is 13.0 Å². The lowest BCUT2D eigenvalue weighted by molar-refractivity contribution is 0.161. The molecule has 0 fully saturated rings. The van der Waals surface area contributed by atoms with E-state index in [4.69, 9.17) is 4.74 Å². The Kier molecular flexibility index (Phi) is 6.16. The Labute approximate surface area is 103 Å². The van der Waals surface area contributed by atoms with Gasteiger partial charge in [-0.3, -0.25) is 0 Å². The molecule has 1 aromatic carbocycles. The Morgan fingerprint density at radius 3 is 2.82 bits per heavy atom. The number of aryl methyl sites for hydroxylation is 1. The van der Waals surface area contributed by atoms with Gasteiger partial charge in [0, 0.05) is 25.3 Å². The molecule has 0 aliphatic rings. The standard InChI is InChI=1S/C14H22FNO/c1-4-5-13(10-17-3)16-9-12-8-11(2)6-7-14(12)15/h6-8,13,16H,4-5,9-10H2,1-3H3. The summed E-state index contributed by atoms with van der Waals surface area (Å²) in [5, 5.41) is 3.34. The Bertz CT molecular complexity index is 335. The van der Waals surface area contributed by atoms with Gasteiger partial charge in [-0.1, -0.05) is 31.0 Å². The van der Waals surface area contributed by atoms with E-state index >= 15 is 0 Å². The average Bonchev–Trinajstić information content (AvgIpc) is 2.30. The van der Waals surface area contributed by atoms with Gasteiger partial charge in [0.15, 0.2) is 0 Å². The maximum absolute atomic E-state index is 13.5. The van der Waals surface area contributed by atoms with Crippen molar-refractivity contribution in [2.75, 3.05) is 13.7 Å². The lowest BCUT2D eigenvalue weighted by Gasteiger charge is -2.17. The van der Waals surface area contributed by atoms with Gasteiger partial charge in [0.1, 0.15) is 5.82 Å². The van der Waals surface area contributed by atoms with Gasteiger partial charge in [0.05, 0.1) is 6.61 Å². The fourth-order valence-corrected chi connectivity index (χ4v) is 1.89. The highest BCUT2D eigenvalue weighted by Gasteiger charge is 2.08. The maximum Gasteiger partial charge on any atom is 0.127 e. The smallest absolute Gasteiger partial charge is 0.127 e. The first-order valence-corrected chi connectivity index (χ1v) is 6.14. The van der Waals surface area contributed by atoms with E-state index in [-0.39, 0.29) is 5.82 Å². The van der Waals surface area contributed by atoms with Crippen molar-refractivity contribution in [2.45, 2.75) is 39.3 Å². The number of hydrogen-bond acceptors (Lipinski definition) is 2. The van der Waals surface area contributed by atoms with Gasteiger partial charge < -0.3 is 10.1 Å². The van der Waals surface area contributed by atoms with Gasteiger partial charge in [-0.15, -0.1) is 0 Å². The van der Waals surface area contributed by atoms with Crippen molar-refractivity contribution in [1.29, 1.82) is 0 Å². The number of methoxy groups -OCH3 is 1. The maximum atomic E-state index is 13.5. The van der Waals surface area contributed by atoms with Crippen LogP contribution in [0.4, 0.5) is 4.39 Å². The summed E-state index contributed by atoms with van der Waals surface area (Å²) >= 11 is 0. The monoisotopic (exact) mass is 239 g/mol. The normalized spacial score (nSPS) is 12.7. The van der Waals surface area contributed by atoms with Crippen LogP contribution in [-0.2, 0) is 11.3 Å². The minimum absolute atomic E-state index is 0.143. The predicted molar refractivity (Wildman–Crippen MR) is 68.5 cm³/mol. The fourth-order valence-electron chi connectivity index (χ4n) is 1.89. The number of halogens is 1. The zero-order valence-electron chi connectivity index (χ0n) is 10.9. The van der Waals surface area contributed by atoms with Gasteiger partial charge >= 0.3 is 0 Å². The second-order valence-corrected chi connectivity index (χ2v) is 4.42. The van der Waals surface area contributed by atoms with Crippen molar-refractivity contribution >= 4 is 0 Å². The van der Waals surface area contributed by atoms with Crippen LogP contribution in [0.2, 0.25) is 0 Å². The first kappa shape index (κ1) is 14.1. The predicted octanol–water partition coefficient (Wildman–Crippen LogP) is 3.04. The third-order valence-corrected chi connectivity index (χ3v) is 2.79. The zero-order chi connectivity index (χ0) is 12.7. The Hall–Kier alpha value is -0.930. The fraction of sp³-hybridized carbons (Fsp3) is 0.571. The van der Waals surface area contributed by atoms with Crippen LogP contribution in [0.3, 0.4) is 0 Å². The summed E-state index contributed by atoms with van der Waals surface area (Å²) in [5.41, 5.74) is 1.81. The number of nitrogens with one attached hydrogen (secondary N) is 1. The molecule has 96 valence electrons. The van der Waals surface area contributed by atoms with Crippen LogP contribution in [0.25, 0.3) is 0 Å². The van der Waals surface area contributed by atoms with E-state index in [1.165, 1.54) is 6.07 Å². The van der Waals surface area contributed by atoms with Crippen molar-refractivity contribution in [1.82, 2.24) is 5.32 Å². The van der Waals surface area contributed by atoms with Crippen LogP contribution in [-0.4, -0.2) is 19.8 Å². The van der Waals surface area contributed by atoms with Crippen LogP contribution < -0.4 is 5.32 Å². The van der Waals surface area contributed by atoms with Crippen LogP contribution in [0, 0.1) is 12.7 Å². The Balaban J connectivity index is 2.55. The molecule has 1 N–H and O–H groups in total. The molecule has 1 atom stereocenters. The molecule has 0 saturated carbocycles. The van der Waals surface area contributed by atoms with Crippen molar-refractivity contribution < 1.29 is 9.13 Å². The molecule has 2 nitrogen and oxygen atoms in total. The third kappa shape index (κ3) is 4.84. The molecule has 0 bridgehead atoms. The topological polar surface area (TPSA) is 21.3 Å². The summed E-state index contributed by atoms with van der Waals surface area (Å²) < 4.78 is 18.7.